The molecule has 0 saturated carbocycles. The molecule has 0 bridgehead atoms. The summed E-state index contributed by atoms with van der Waals surface area (Å²) in [5, 5.41) is 9.73. The molecule has 4 heteroatoms. The third-order valence-electron chi connectivity index (χ3n) is 1.24. The fourth-order valence-corrected chi connectivity index (χ4v) is 1.36. The maximum atomic E-state index is 5.34. The van der Waals surface area contributed by atoms with Crippen LogP contribution in [-0.4, -0.2) is 11.5 Å². The SMILES string of the molecule is C/C(N)=N/N=C(\C)c1cccs1. The van der Waals surface area contributed by atoms with Gasteiger partial charge in [0.1, 0.15) is 5.84 Å². The predicted molar refractivity (Wildman–Crippen MR) is 53.8 cm³/mol. The Morgan fingerprint density at radius 2 is 2.17 bits per heavy atom. The van der Waals surface area contributed by atoms with Crippen LogP contribution in [0.4, 0.5) is 0 Å². The molecule has 0 amide bonds. The molecule has 1 aromatic heterocycles. The third kappa shape index (κ3) is 2.47. The molecule has 2 N–H and O–H groups in total. The largest absolute Gasteiger partial charge is 0.386 e. The maximum absolute atomic E-state index is 5.34. The number of hydrogen-bond donors (Lipinski definition) is 1. The number of rotatable bonds is 2. The van der Waals surface area contributed by atoms with Gasteiger partial charge >= 0.3 is 0 Å². The summed E-state index contributed by atoms with van der Waals surface area (Å²) in [5.41, 5.74) is 6.24. The van der Waals surface area contributed by atoms with Gasteiger partial charge in [0.25, 0.3) is 0 Å². The highest BCUT2D eigenvalue weighted by Gasteiger charge is 1.95. The van der Waals surface area contributed by atoms with Gasteiger partial charge < -0.3 is 5.73 Å². The van der Waals surface area contributed by atoms with E-state index in [1.807, 2.05) is 24.4 Å². The normalized spacial score (nSPS) is 13.5. The van der Waals surface area contributed by atoms with Crippen LogP contribution in [0.1, 0.15) is 18.7 Å². The summed E-state index contributed by atoms with van der Waals surface area (Å²) in [6.45, 7) is 3.63. The Kier molecular flexibility index (Phi) is 2.99. The lowest BCUT2D eigenvalue weighted by molar-refractivity contribution is 1.21. The highest BCUT2D eigenvalue weighted by Crippen LogP contribution is 2.09. The lowest BCUT2D eigenvalue weighted by atomic mass is 10.3. The zero-order valence-electron chi connectivity index (χ0n) is 7.11. The summed E-state index contributed by atoms with van der Waals surface area (Å²) < 4.78 is 0. The second-order valence-corrected chi connectivity index (χ2v) is 3.35. The fourth-order valence-electron chi connectivity index (χ4n) is 0.688. The Morgan fingerprint density at radius 3 is 2.67 bits per heavy atom. The van der Waals surface area contributed by atoms with Crippen molar-refractivity contribution in [3.8, 4) is 0 Å². The average Bonchev–Trinajstić information content (AvgIpc) is 2.51. The molecule has 64 valence electrons. The van der Waals surface area contributed by atoms with Gasteiger partial charge in [-0.3, -0.25) is 0 Å². The van der Waals surface area contributed by atoms with E-state index in [1.165, 1.54) is 0 Å². The van der Waals surface area contributed by atoms with Crippen LogP contribution in [0.2, 0.25) is 0 Å². The highest BCUT2D eigenvalue weighted by atomic mass is 32.1. The van der Waals surface area contributed by atoms with Crippen molar-refractivity contribution in [2.45, 2.75) is 13.8 Å². The van der Waals surface area contributed by atoms with Gasteiger partial charge in [-0.2, -0.15) is 5.10 Å². The zero-order valence-corrected chi connectivity index (χ0v) is 7.93. The molecule has 0 unspecified atom stereocenters. The molecule has 1 heterocycles. The first-order valence-corrected chi connectivity index (χ1v) is 4.46. The van der Waals surface area contributed by atoms with Gasteiger partial charge in [-0.15, -0.1) is 16.4 Å². The Bertz CT molecular complexity index is 294. The van der Waals surface area contributed by atoms with Crippen molar-refractivity contribution in [2.24, 2.45) is 15.9 Å². The van der Waals surface area contributed by atoms with Gasteiger partial charge in [-0.05, 0) is 25.3 Å². The molecule has 1 aromatic rings. The Balaban J connectivity index is 2.78. The first-order valence-electron chi connectivity index (χ1n) is 3.58. The topological polar surface area (TPSA) is 50.7 Å². The van der Waals surface area contributed by atoms with Crippen molar-refractivity contribution in [3.05, 3.63) is 22.4 Å². The van der Waals surface area contributed by atoms with E-state index in [0.717, 1.165) is 10.6 Å². The molecule has 0 fully saturated rings. The van der Waals surface area contributed by atoms with Gasteiger partial charge in [-0.1, -0.05) is 6.07 Å². The fraction of sp³-hybridized carbons (Fsp3) is 0.250. The molecule has 3 nitrogen and oxygen atoms in total. The molecule has 0 spiro atoms. The van der Waals surface area contributed by atoms with Gasteiger partial charge in [0.05, 0.1) is 10.6 Å². The summed E-state index contributed by atoms with van der Waals surface area (Å²) in [7, 11) is 0. The van der Waals surface area contributed by atoms with E-state index >= 15 is 0 Å². The van der Waals surface area contributed by atoms with Crippen molar-refractivity contribution in [2.75, 3.05) is 0 Å². The van der Waals surface area contributed by atoms with E-state index in [9.17, 15) is 0 Å². The summed E-state index contributed by atoms with van der Waals surface area (Å²) in [6.07, 6.45) is 0. The third-order valence-corrected chi connectivity index (χ3v) is 2.21. The minimum Gasteiger partial charge on any atom is -0.386 e. The first-order chi connectivity index (χ1) is 5.70. The summed E-state index contributed by atoms with van der Waals surface area (Å²) in [6, 6.07) is 3.99. The van der Waals surface area contributed by atoms with Crippen molar-refractivity contribution < 1.29 is 0 Å². The first kappa shape index (κ1) is 8.93. The molecule has 0 aliphatic heterocycles. The Morgan fingerprint density at radius 1 is 1.42 bits per heavy atom. The minimum absolute atomic E-state index is 0.478. The van der Waals surface area contributed by atoms with Crippen molar-refractivity contribution in [3.63, 3.8) is 0 Å². The number of thiophene rings is 1. The van der Waals surface area contributed by atoms with Crippen LogP contribution in [0.15, 0.2) is 27.7 Å². The van der Waals surface area contributed by atoms with Gasteiger partial charge in [0.2, 0.25) is 0 Å². The smallest absolute Gasteiger partial charge is 0.119 e. The van der Waals surface area contributed by atoms with Gasteiger partial charge in [0.15, 0.2) is 0 Å². The number of amidine groups is 1. The Labute approximate surface area is 75.6 Å². The average molecular weight is 181 g/mol. The molecule has 0 aliphatic rings. The van der Waals surface area contributed by atoms with E-state index < -0.39 is 0 Å². The molecular weight excluding hydrogens is 170 g/mol. The molecular formula is C8H11N3S. The Hall–Kier alpha value is -1.16. The quantitative estimate of drug-likeness (QED) is 0.422. The van der Waals surface area contributed by atoms with E-state index in [-0.39, 0.29) is 0 Å². The van der Waals surface area contributed by atoms with Crippen LogP contribution >= 0.6 is 11.3 Å². The summed E-state index contributed by atoms with van der Waals surface area (Å²) in [4.78, 5) is 1.13. The van der Waals surface area contributed by atoms with E-state index in [2.05, 4.69) is 10.2 Å². The van der Waals surface area contributed by atoms with Crippen LogP contribution in [0.3, 0.4) is 0 Å². The van der Waals surface area contributed by atoms with Crippen molar-refractivity contribution in [1.82, 2.24) is 0 Å². The summed E-state index contributed by atoms with van der Waals surface area (Å²) in [5.74, 6) is 0.478. The molecule has 0 aliphatic carbocycles. The number of nitrogens with two attached hydrogens (primary N) is 1. The van der Waals surface area contributed by atoms with E-state index in [4.69, 9.17) is 5.73 Å². The predicted octanol–water partition coefficient (Wildman–Crippen LogP) is 1.85. The number of nitrogens with zero attached hydrogens (tertiary/aromatic N) is 2. The highest BCUT2D eigenvalue weighted by molar-refractivity contribution is 7.12. The van der Waals surface area contributed by atoms with Crippen LogP contribution in [0, 0.1) is 0 Å². The van der Waals surface area contributed by atoms with Gasteiger partial charge in [-0.25, -0.2) is 0 Å². The standard InChI is InChI=1S/C8H11N3S/c1-6(10-11-7(2)9)8-4-3-5-12-8/h3-5H,1-2H3,(H2,9,11)/b10-6+. The molecule has 0 aromatic carbocycles. The second kappa shape index (κ2) is 4.01. The maximum Gasteiger partial charge on any atom is 0.119 e. The number of hydrogen-bond acceptors (Lipinski definition) is 3. The molecule has 0 radical (unpaired) electrons. The molecule has 0 atom stereocenters. The van der Waals surface area contributed by atoms with Crippen molar-refractivity contribution in [1.29, 1.82) is 0 Å². The molecule has 1 rings (SSSR count). The van der Waals surface area contributed by atoms with Crippen LogP contribution in [0.5, 0.6) is 0 Å². The minimum atomic E-state index is 0.478. The van der Waals surface area contributed by atoms with Crippen LogP contribution < -0.4 is 5.73 Å². The van der Waals surface area contributed by atoms with Crippen LogP contribution in [-0.2, 0) is 0 Å². The monoisotopic (exact) mass is 181 g/mol. The lowest BCUT2D eigenvalue weighted by Crippen LogP contribution is -2.04. The summed E-state index contributed by atoms with van der Waals surface area (Å²) >= 11 is 1.64. The van der Waals surface area contributed by atoms with Crippen LogP contribution in [0.25, 0.3) is 0 Å². The second-order valence-electron chi connectivity index (χ2n) is 2.40. The lowest BCUT2D eigenvalue weighted by Gasteiger charge is -1.91. The molecule has 12 heavy (non-hydrogen) atoms. The zero-order chi connectivity index (χ0) is 8.97. The van der Waals surface area contributed by atoms with Crippen molar-refractivity contribution >= 4 is 22.9 Å². The molecule has 0 saturated heterocycles. The van der Waals surface area contributed by atoms with E-state index in [1.54, 1.807) is 18.3 Å². The van der Waals surface area contributed by atoms with Gasteiger partial charge in [0, 0.05) is 0 Å². The van der Waals surface area contributed by atoms with E-state index in [0.29, 0.717) is 5.84 Å².